The minimum atomic E-state index is -0.193. The summed E-state index contributed by atoms with van der Waals surface area (Å²) >= 11 is 0. The van der Waals surface area contributed by atoms with Crippen molar-refractivity contribution in [1.82, 2.24) is 20.2 Å². The molecule has 2 aliphatic rings. The Labute approximate surface area is 159 Å². The number of carbonyl (C=O) groups is 1. The first-order valence-electron chi connectivity index (χ1n) is 9.51. The number of amides is 1. The molecule has 0 unspecified atom stereocenters. The van der Waals surface area contributed by atoms with Crippen molar-refractivity contribution < 1.29 is 9.53 Å². The van der Waals surface area contributed by atoms with Crippen LogP contribution in [0.3, 0.4) is 0 Å². The Kier molecular flexibility index (Phi) is 5.60. The van der Waals surface area contributed by atoms with Crippen LogP contribution in [0.1, 0.15) is 28.9 Å². The summed E-state index contributed by atoms with van der Waals surface area (Å²) < 4.78 is 5.71. The van der Waals surface area contributed by atoms with E-state index in [0.717, 1.165) is 30.9 Å². The van der Waals surface area contributed by atoms with Crippen LogP contribution in [0.25, 0.3) is 0 Å². The molecule has 1 amide bonds. The summed E-state index contributed by atoms with van der Waals surface area (Å²) in [5, 5.41) is 6.43. The Balaban J connectivity index is 1.37. The minimum absolute atomic E-state index is 0.193. The number of aromatic nitrogens is 2. The van der Waals surface area contributed by atoms with Crippen LogP contribution in [0.4, 0.5) is 5.69 Å². The molecular formula is C20H25N5O2. The molecule has 142 valence electrons. The Bertz CT molecular complexity index is 764. The molecule has 2 fully saturated rings. The Hall–Kier alpha value is -2.51. The van der Waals surface area contributed by atoms with Crippen molar-refractivity contribution in [2.75, 3.05) is 31.6 Å². The molecule has 7 heteroatoms. The van der Waals surface area contributed by atoms with Gasteiger partial charge in [0, 0.05) is 30.8 Å². The maximum atomic E-state index is 12.4. The van der Waals surface area contributed by atoms with Crippen molar-refractivity contribution in [1.29, 1.82) is 0 Å². The Morgan fingerprint density at radius 1 is 1.22 bits per heavy atom. The van der Waals surface area contributed by atoms with E-state index in [9.17, 15) is 4.79 Å². The van der Waals surface area contributed by atoms with Crippen molar-refractivity contribution >= 4 is 11.6 Å². The molecule has 2 N–H and O–H groups in total. The second-order valence-electron chi connectivity index (χ2n) is 7.07. The van der Waals surface area contributed by atoms with Gasteiger partial charge >= 0.3 is 0 Å². The van der Waals surface area contributed by atoms with Crippen LogP contribution in [-0.4, -0.2) is 59.2 Å². The average molecular weight is 367 g/mol. The number of ether oxygens (including phenoxy) is 1. The van der Waals surface area contributed by atoms with Gasteiger partial charge in [0.1, 0.15) is 5.69 Å². The average Bonchev–Trinajstić information content (AvgIpc) is 3.39. The second-order valence-corrected chi connectivity index (χ2v) is 7.07. The predicted molar refractivity (Wildman–Crippen MR) is 102 cm³/mol. The van der Waals surface area contributed by atoms with Gasteiger partial charge in [0.2, 0.25) is 0 Å². The third-order valence-electron chi connectivity index (χ3n) is 5.18. The molecule has 7 nitrogen and oxygen atoms in total. The van der Waals surface area contributed by atoms with Gasteiger partial charge in [0.05, 0.1) is 25.3 Å². The fourth-order valence-electron chi connectivity index (χ4n) is 3.75. The lowest BCUT2D eigenvalue weighted by Gasteiger charge is -2.28. The molecule has 0 aliphatic carbocycles. The van der Waals surface area contributed by atoms with E-state index in [4.69, 9.17) is 4.74 Å². The summed E-state index contributed by atoms with van der Waals surface area (Å²) in [7, 11) is 0. The van der Waals surface area contributed by atoms with E-state index in [0.29, 0.717) is 24.9 Å². The van der Waals surface area contributed by atoms with Crippen molar-refractivity contribution in [2.45, 2.75) is 31.5 Å². The molecule has 2 aliphatic heterocycles. The molecule has 0 saturated carbocycles. The zero-order chi connectivity index (χ0) is 18.5. The number of pyridine rings is 2. The summed E-state index contributed by atoms with van der Waals surface area (Å²) in [4.78, 5) is 23.2. The highest BCUT2D eigenvalue weighted by molar-refractivity contribution is 5.93. The van der Waals surface area contributed by atoms with Crippen LogP contribution < -0.4 is 10.6 Å². The lowest BCUT2D eigenvalue weighted by Crippen LogP contribution is -2.44. The van der Waals surface area contributed by atoms with Crippen molar-refractivity contribution in [3.8, 4) is 0 Å². The quantitative estimate of drug-likeness (QED) is 0.809. The van der Waals surface area contributed by atoms with Crippen molar-refractivity contribution in [3.05, 3.63) is 54.1 Å². The number of nitrogens with one attached hydrogen (secondary N) is 2. The molecule has 2 saturated heterocycles. The normalized spacial score (nSPS) is 22.7. The molecule has 2 aromatic heterocycles. The molecule has 4 rings (SSSR count). The second kappa shape index (κ2) is 8.45. The highest BCUT2D eigenvalue weighted by Crippen LogP contribution is 2.22. The molecule has 0 aromatic carbocycles. The number of hydrogen-bond donors (Lipinski definition) is 2. The summed E-state index contributed by atoms with van der Waals surface area (Å²) in [6.45, 7) is 4.17. The number of rotatable bonds is 6. The molecule has 2 aromatic rings. The van der Waals surface area contributed by atoms with Gasteiger partial charge in [-0.15, -0.1) is 0 Å². The number of carbonyl (C=O) groups excluding carboxylic acids is 1. The maximum Gasteiger partial charge on any atom is 0.270 e. The van der Waals surface area contributed by atoms with Crippen LogP contribution >= 0.6 is 0 Å². The first kappa shape index (κ1) is 17.9. The fraction of sp³-hybridized carbons (Fsp3) is 0.450. The molecule has 0 bridgehead atoms. The first-order valence-corrected chi connectivity index (χ1v) is 9.51. The zero-order valence-electron chi connectivity index (χ0n) is 15.3. The predicted octanol–water partition coefficient (Wildman–Crippen LogP) is 1.68. The highest BCUT2D eigenvalue weighted by Gasteiger charge is 2.34. The van der Waals surface area contributed by atoms with Gasteiger partial charge < -0.3 is 15.4 Å². The fourth-order valence-corrected chi connectivity index (χ4v) is 3.75. The lowest BCUT2D eigenvalue weighted by atomic mass is 10.1. The van der Waals surface area contributed by atoms with Gasteiger partial charge in [0.15, 0.2) is 0 Å². The van der Waals surface area contributed by atoms with E-state index in [1.165, 1.54) is 12.8 Å². The van der Waals surface area contributed by atoms with E-state index in [2.05, 4.69) is 25.5 Å². The summed E-state index contributed by atoms with van der Waals surface area (Å²) in [6.07, 6.45) is 7.65. The number of hydrogen-bond acceptors (Lipinski definition) is 6. The molecule has 4 heterocycles. The van der Waals surface area contributed by atoms with Crippen molar-refractivity contribution in [3.63, 3.8) is 0 Å². The minimum Gasteiger partial charge on any atom is -0.378 e. The molecular weight excluding hydrogens is 342 g/mol. The lowest BCUT2D eigenvalue weighted by molar-refractivity contribution is 0.0946. The Morgan fingerprint density at radius 2 is 2.11 bits per heavy atom. The summed E-state index contributed by atoms with van der Waals surface area (Å²) in [5.41, 5.74) is 2.26. The van der Waals surface area contributed by atoms with Gasteiger partial charge in [-0.05, 0) is 49.7 Å². The molecule has 2 atom stereocenters. The highest BCUT2D eigenvalue weighted by atomic mass is 16.5. The third-order valence-corrected chi connectivity index (χ3v) is 5.18. The zero-order valence-corrected chi connectivity index (χ0v) is 15.3. The summed E-state index contributed by atoms with van der Waals surface area (Å²) in [6, 6.07) is 8.11. The maximum absolute atomic E-state index is 12.4. The molecule has 0 spiro atoms. The standard InChI is InChI=1S/C20H25N5O2/c26-20(23-12-15-4-3-6-21-11-15)17-10-16(5-7-22-17)24-18-13-27-14-19(18)25-8-1-2-9-25/h3-7,10-11,18-19H,1-2,8-9,12-14H2,(H,22,24)(H,23,26)/t18-,19-/m0/s1. The van der Waals surface area contributed by atoms with Gasteiger partial charge in [-0.3, -0.25) is 19.7 Å². The monoisotopic (exact) mass is 367 g/mol. The van der Waals surface area contributed by atoms with Crippen LogP contribution in [0.5, 0.6) is 0 Å². The number of nitrogens with zero attached hydrogens (tertiary/aromatic N) is 3. The van der Waals surface area contributed by atoms with Crippen LogP contribution in [0, 0.1) is 0 Å². The van der Waals surface area contributed by atoms with Gasteiger partial charge in [0.25, 0.3) is 5.91 Å². The van der Waals surface area contributed by atoms with E-state index in [1.807, 2.05) is 18.2 Å². The topological polar surface area (TPSA) is 79.4 Å². The van der Waals surface area contributed by atoms with Crippen molar-refractivity contribution in [2.24, 2.45) is 0 Å². The molecule has 0 radical (unpaired) electrons. The first-order chi connectivity index (χ1) is 13.3. The largest absolute Gasteiger partial charge is 0.378 e. The number of likely N-dealkylation sites (tertiary alicyclic amines) is 1. The van der Waals surface area contributed by atoms with Crippen LogP contribution in [0.2, 0.25) is 0 Å². The van der Waals surface area contributed by atoms with E-state index in [1.54, 1.807) is 24.7 Å². The summed E-state index contributed by atoms with van der Waals surface area (Å²) in [5.74, 6) is -0.193. The molecule has 27 heavy (non-hydrogen) atoms. The smallest absolute Gasteiger partial charge is 0.270 e. The van der Waals surface area contributed by atoms with E-state index < -0.39 is 0 Å². The Morgan fingerprint density at radius 3 is 2.93 bits per heavy atom. The SMILES string of the molecule is O=C(NCc1cccnc1)c1cc(N[C@H]2COC[C@@H]2N2CCCC2)ccn1. The van der Waals surface area contributed by atoms with Gasteiger partial charge in [-0.1, -0.05) is 6.07 Å². The van der Waals surface area contributed by atoms with Gasteiger partial charge in [-0.2, -0.15) is 0 Å². The third kappa shape index (κ3) is 4.43. The van der Waals surface area contributed by atoms with E-state index >= 15 is 0 Å². The van der Waals surface area contributed by atoms with E-state index in [-0.39, 0.29) is 11.9 Å². The number of anilines is 1. The van der Waals surface area contributed by atoms with Crippen LogP contribution in [0.15, 0.2) is 42.9 Å². The van der Waals surface area contributed by atoms with Crippen LogP contribution in [-0.2, 0) is 11.3 Å². The van der Waals surface area contributed by atoms with Gasteiger partial charge in [-0.25, -0.2) is 0 Å².